The molecule has 0 radical (unpaired) electrons. The first kappa shape index (κ1) is 14.8. The van der Waals surface area contributed by atoms with Crippen LogP contribution in [0.3, 0.4) is 0 Å². The van der Waals surface area contributed by atoms with Crippen molar-refractivity contribution in [2.45, 2.75) is 19.9 Å². The average Bonchev–Trinajstić information content (AvgIpc) is 2.91. The van der Waals surface area contributed by atoms with Crippen molar-refractivity contribution in [1.29, 1.82) is 0 Å². The highest BCUT2D eigenvalue weighted by molar-refractivity contribution is 6.31. The first-order valence-electron chi connectivity index (χ1n) is 7.24. The Balaban J connectivity index is 1.72. The highest BCUT2D eigenvalue weighted by Gasteiger charge is 2.09. The van der Waals surface area contributed by atoms with Crippen LogP contribution < -0.4 is 4.90 Å². The monoisotopic (exact) mass is 315 g/mol. The van der Waals surface area contributed by atoms with Crippen LogP contribution in [-0.4, -0.2) is 33.1 Å². The van der Waals surface area contributed by atoms with E-state index in [4.69, 9.17) is 11.6 Å². The first-order valence-corrected chi connectivity index (χ1v) is 7.62. The van der Waals surface area contributed by atoms with Gasteiger partial charge in [-0.1, -0.05) is 11.6 Å². The zero-order chi connectivity index (χ0) is 15.5. The number of nitrogens with zero attached hydrogens (tertiary/aromatic N) is 5. The standard InChI is InChI=1S/C16H18ClN5/c1-12-18-6-9-22(12)8-3-7-21(2)16-14-5-4-13(17)10-15(14)19-11-20-16/h4-6,9-11H,3,7-8H2,1-2H3. The molecule has 1 aromatic carbocycles. The Kier molecular flexibility index (Phi) is 4.24. The molecule has 22 heavy (non-hydrogen) atoms. The van der Waals surface area contributed by atoms with E-state index < -0.39 is 0 Å². The largest absolute Gasteiger partial charge is 0.359 e. The van der Waals surface area contributed by atoms with Gasteiger partial charge in [-0.3, -0.25) is 0 Å². The van der Waals surface area contributed by atoms with Crippen LogP contribution in [-0.2, 0) is 6.54 Å². The van der Waals surface area contributed by atoms with Crippen LogP contribution in [0.15, 0.2) is 36.9 Å². The Morgan fingerprint density at radius 1 is 1.23 bits per heavy atom. The fourth-order valence-electron chi connectivity index (χ4n) is 2.54. The zero-order valence-corrected chi connectivity index (χ0v) is 13.5. The third-order valence-electron chi connectivity index (χ3n) is 3.76. The SMILES string of the molecule is Cc1nccn1CCCN(C)c1ncnc2cc(Cl)ccc12. The van der Waals surface area contributed by atoms with Crippen molar-refractivity contribution in [1.82, 2.24) is 19.5 Å². The van der Waals surface area contributed by atoms with E-state index in [0.717, 1.165) is 42.1 Å². The molecule has 0 fully saturated rings. The van der Waals surface area contributed by atoms with Crippen LogP contribution in [0.1, 0.15) is 12.2 Å². The molecule has 0 amide bonds. The van der Waals surface area contributed by atoms with Crippen molar-refractivity contribution < 1.29 is 0 Å². The number of anilines is 1. The third kappa shape index (κ3) is 3.04. The lowest BCUT2D eigenvalue weighted by Crippen LogP contribution is -2.21. The molecule has 5 nitrogen and oxygen atoms in total. The number of hydrogen-bond donors (Lipinski definition) is 0. The molecule has 3 rings (SSSR count). The molecule has 0 saturated carbocycles. The molecule has 3 aromatic rings. The summed E-state index contributed by atoms with van der Waals surface area (Å²) in [6.45, 7) is 3.88. The second-order valence-electron chi connectivity index (χ2n) is 5.30. The van der Waals surface area contributed by atoms with Gasteiger partial charge in [-0.25, -0.2) is 15.0 Å². The van der Waals surface area contributed by atoms with E-state index in [0.29, 0.717) is 5.02 Å². The molecule has 0 aliphatic rings. The maximum Gasteiger partial charge on any atom is 0.139 e. The zero-order valence-electron chi connectivity index (χ0n) is 12.7. The molecule has 0 bridgehead atoms. The topological polar surface area (TPSA) is 46.8 Å². The number of aryl methyl sites for hydroxylation is 2. The molecule has 114 valence electrons. The van der Waals surface area contributed by atoms with Gasteiger partial charge in [-0.15, -0.1) is 0 Å². The molecular weight excluding hydrogens is 298 g/mol. The molecular formula is C16H18ClN5. The van der Waals surface area contributed by atoms with Gasteiger partial charge in [0.15, 0.2) is 0 Å². The summed E-state index contributed by atoms with van der Waals surface area (Å²) in [6.07, 6.45) is 6.45. The quantitative estimate of drug-likeness (QED) is 0.724. The summed E-state index contributed by atoms with van der Waals surface area (Å²) < 4.78 is 2.16. The van der Waals surface area contributed by atoms with Crippen LogP contribution in [0.25, 0.3) is 10.9 Å². The number of fused-ring (bicyclic) bond motifs is 1. The summed E-state index contributed by atoms with van der Waals surface area (Å²) in [5.74, 6) is 1.98. The number of halogens is 1. The number of hydrogen-bond acceptors (Lipinski definition) is 4. The lowest BCUT2D eigenvalue weighted by molar-refractivity contribution is 0.621. The van der Waals surface area contributed by atoms with Crippen molar-refractivity contribution in [2.75, 3.05) is 18.5 Å². The van der Waals surface area contributed by atoms with Gasteiger partial charge in [-0.2, -0.15) is 0 Å². The van der Waals surface area contributed by atoms with Crippen LogP contribution in [0, 0.1) is 6.92 Å². The lowest BCUT2D eigenvalue weighted by atomic mass is 10.2. The Morgan fingerprint density at radius 2 is 2.09 bits per heavy atom. The molecule has 0 aliphatic heterocycles. The third-order valence-corrected chi connectivity index (χ3v) is 3.99. The van der Waals surface area contributed by atoms with E-state index in [1.165, 1.54) is 0 Å². The number of rotatable bonds is 5. The van der Waals surface area contributed by atoms with Crippen molar-refractivity contribution in [3.63, 3.8) is 0 Å². The number of imidazole rings is 1. The molecule has 0 atom stereocenters. The maximum atomic E-state index is 6.02. The van der Waals surface area contributed by atoms with Gasteiger partial charge < -0.3 is 9.47 Å². The molecule has 2 heterocycles. The molecule has 0 spiro atoms. The van der Waals surface area contributed by atoms with Crippen molar-refractivity contribution >= 4 is 28.3 Å². The first-order chi connectivity index (χ1) is 10.6. The molecule has 0 N–H and O–H groups in total. The van der Waals surface area contributed by atoms with Gasteiger partial charge in [0, 0.05) is 42.9 Å². The summed E-state index contributed by atoms with van der Waals surface area (Å²) >= 11 is 6.02. The van der Waals surface area contributed by atoms with Gasteiger partial charge in [0.2, 0.25) is 0 Å². The van der Waals surface area contributed by atoms with Crippen LogP contribution in [0.2, 0.25) is 5.02 Å². The van der Waals surface area contributed by atoms with Crippen LogP contribution in [0.4, 0.5) is 5.82 Å². The lowest BCUT2D eigenvalue weighted by Gasteiger charge is -2.19. The van der Waals surface area contributed by atoms with Crippen molar-refractivity contribution in [3.8, 4) is 0 Å². The second-order valence-corrected chi connectivity index (χ2v) is 5.74. The Hall–Kier alpha value is -2.14. The smallest absolute Gasteiger partial charge is 0.139 e. The van der Waals surface area contributed by atoms with E-state index in [9.17, 15) is 0 Å². The molecule has 2 aromatic heterocycles. The van der Waals surface area contributed by atoms with Crippen LogP contribution >= 0.6 is 11.6 Å². The fraction of sp³-hybridized carbons (Fsp3) is 0.312. The van der Waals surface area contributed by atoms with E-state index >= 15 is 0 Å². The maximum absolute atomic E-state index is 6.02. The summed E-state index contributed by atoms with van der Waals surface area (Å²) in [5, 5.41) is 1.71. The van der Waals surface area contributed by atoms with Gasteiger partial charge in [0.05, 0.1) is 5.52 Å². The molecule has 0 unspecified atom stereocenters. The molecule has 0 aliphatic carbocycles. The second kappa shape index (κ2) is 6.32. The molecule has 6 heteroatoms. The van der Waals surface area contributed by atoms with Gasteiger partial charge in [-0.05, 0) is 31.5 Å². The summed E-state index contributed by atoms with van der Waals surface area (Å²) in [4.78, 5) is 15.1. The van der Waals surface area contributed by atoms with Crippen LogP contribution in [0.5, 0.6) is 0 Å². The normalized spacial score (nSPS) is 11.0. The Morgan fingerprint density at radius 3 is 2.86 bits per heavy atom. The number of aromatic nitrogens is 4. The van der Waals surface area contributed by atoms with Gasteiger partial charge in [0.1, 0.15) is 18.0 Å². The van der Waals surface area contributed by atoms with Gasteiger partial charge >= 0.3 is 0 Å². The van der Waals surface area contributed by atoms with E-state index in [2.05, 4.69) is 31.5 Å². The Labute approximate surface area is 134 Å². The minimum atomic E-state index is 0.690. The van der Waals surface area contributed by atoms with E-state index in [1.54, 1.807) is 6.33 Å². The van der Waals surface area contributed by atoms with E-state index in [1.807, 2.05) is 37.5 Å². The minimum Gasteiger partial charge on any atom is -0.359 e. The predicted octanol–water partition coefficient (Wildman–Crippen LogP) is 3.31. The van der Waals surface area contributed by atoms with Crippen molar-refractivity contribution in [2.24, 2.45) is 0 Å². The van der Waals surface area contributed by atoms with E-state index in [-0.39, 0.29) is 0 Å². The average molecular weight is 316 g/mol. The van der Waals surface area contributed by atoms with Crippen molar-refractivity contribution in [3.05, 3.63) is 47.8 Å². The number of benzene rings is 1. The minimum absolute atomic E-state index is 0.690. The molecule has 0 saturated heterocycles. The highest BCUT2D eigenvalue weighted by atomic mass is 35.5. The summed E-state index contributed by atoms with van der Waals surface area (Å²) in [5.41, 5.74) is 0.870. The Bertz CT molecular complexity index is 783. The summed E-state index contributed by atoms with van der Waals surface area (Å²) in [7, 11) is 2.05. The van der Waals surface area contributed by atoms with Gasteiger partial charge in [0.25, 0.3) is 0 Å². The summed E-state index contributed by atoms with van der Waals surface area (Å²) in [6, 6.07) is 5.72. The fourth-order valence-corrected chi connectivity index (χ4v) is 2.71. The predicted molar refractivity (Wildman–Crippen MR) is 89.4 cm³/mol. The highest BCUT2D eigenvalue weighted by Crippen LogP contribution is 2.24.